The Morgan fingerprint density at radius 2 is 1.79 bits per heavy atom. The molecule has 5 nitrogen and oxygen atoms in total. The molecule has 0 amide bonds. The number of para-hydroxylation sites is 1. The Bertz CT molecular complexity index is 1080. The molecule has 3 aromatic rings. The Balaban J connectivity index is 1.19. The molecule has 2 N–H and O–H groups in total. The first-order valence-corrected chi connectivity index (χ1v) is 12.9. The van der Waals surface area contributed by atoms with Gasteiger partial charge in [-0.3, -0.25) is 4.98 Å². The Morgan fingerprint density at radius 3 is 2.64 bits per heavy atom. The quantitative estimate of drug-likeness (QED) is 0.159. The molecule has 6 heteroatoms. The van der Waals surface area contributed by atoms with Crippen LogP contribution < -0.4 is 15.4 Å². The zero-order chi connectivity index (χ0) is 22.9. The molecule has 1 radical (unpaired) electrons. The molecule has 1 aliphatic carbocycles. The number of aryl methyl sites for hydroxylation is 1. The van der Waals surface area contributed by atoms with E-state index in [0.717, 1.165) is 54.0 Å². The average molecular weight is 509 g/mol. The summed E-state index contributed by atoms with van der Waals surface area (Å²) in [5.41, 5.74) is 6.20. The molecule has 0 saturated carbocycles. The third kappa shape index (κ3) is 6.49. The van der Waals surface area contributed by atoms with E-state index < -0.39 is 0 Å². The van der Waals surface area contributed by atoms with E-state index in [-0.39, 0.29) is 0 Å². The molecule has 0 unspecified atom stereocenters. The second-order valence-corrected chi connectivity index (χ2v) is 9.33. The van der Waals surface area contributed by atoms with E-state index in [2.05, 4.69) is 55.9 Å². The van der Waals surface area contributed by atoms with Crippen molar-refractivity contribution in [3.05, 3.63) is 59.8 Å². The van der Waals surface area contributed by atoms with Crippen LogP contribution in [-0.2, 0) is 12.8 Å². The summed E-state index contributed by atoms with van der Waals surface area (Å²) in [6, 6.07) is 16.4. The molecule has 2 aromatic carbocycles. The summed E-state index contributed by atoms with van der Waals surface area (Å²) in [6.45, 7) is 1.84. The van der Waals surface area contributed by atoms with Crippen molar-refractivity contribution in [2.24, 2.45) is 4.99 Å². The molecule has 0 atom stereocenters. The van der Waals surface area contributed by atoms with Crippen LogP contribution in [0.4, 0.5) is 11.4 Å². The van der Waals surface area contributed by atoms with Crippen LogP contribution in [0.2, 0.25) is 0 Å². The van der Waals surface area contributed by atoms with Crippen LogP contribution in [0.25, 0.3) is 10.9 Å². The van der Waals surface area contributed by atoms with Gasteiger partial charge in [0.25, 0.3) is 0 Å². The first kappa shape index (κ1) is 23.6. The van der Waals surface area contributed by atoms with Crippen molar-refractivity contribution in [3.63, 3.8) is 0 Å². The standard InChI is InChI=1S/C27H33N4OSe/c1-32-21-16-14-20(15-17-21)30-27(33)29-19-9-3-2-8-18-28-26-22-10-4-6-12-24(22)31-25-13-7-5-11-23(25)26/h4,6,10,12,14-17H,2-3,5,7-9,11,13,18-19H2,1H3,(H,28,31)(H,29,30). The second kappa shape index (κ2) is 12.1. The number of benzene rings is 2. The van der Waals surface area contributed by atoms with Gasteiger partial charge in [-0.1, -0.05) is 12.1 Å². The van der Waals surface area contributed by atoms with Crippen LogP contribution in [0.5, 0.6) is 5.75 Å². The SMILES string of the molecule is COc1ccc(NC([Se])=NCCCCCCNc2c3c(nc4ccccc24)CCCC3)cc1. The number of rotatable bonds is 10. The Hall–Kier alpha value is -2.56. The number of anilines is 2. The number of methoxy groups -OCH3 is 1. The molecule has 33 heavy (non-hydrogen) atoms. The molecule has 0 fully saturated rings. The molecule has 4 rings (SSSR count). The van der Waals surface area contributed by atoms with E-state index in [1.807, 2.05) is 24.3 Å². The topological polar surface area (TPSA) is 58.5 Å². The molecule has 1 aliphatic rings. The number of fused-ring (bicyclic) bond motifs is 2. The predicted octanol–water partition coefficient (Wildman–Crippen LogP) is 5.73. The van der Waals surface area contributed by atoms with Crippen molar-refractivity contribution in [1.29, 1.82) is 0 Å². The Labute approximate surface area is 205 Å². The Morgan fingerprint density at radius 1 is 1.00 bits per heavy atom. The molecular formula is C27H33N4OSe. The van der Waals surface area contributed by atoms with Crippen LogP contribution in [0.15, 0.2) is 53.5 Å². The molecule has 0 bridgehead atoms. The molecule has 0 saturated heterocycles. The van der Waals surface area contributed by atoms with Gasteiger partial charge in [0.05, 0.1) is 0 Å². The van der Waals surface area contributed by atoms with Gasteiger partial charge in [-0.2, -0.15) is 0 Å². The van der Waals surface area contributed by atoms with Crippen molar-refractivity contribution in [1.82, 2.24) is 4.98 Å². The molecule has 173 valence electrons. The minimum absolute atomic E-state index is 0.830. The summed E-state index contributed by atoms with van der Waals surface area (Å²) >= 11 is 3.02. The zero-order valence-electron chi connectivity index (χ0n) is 19.4. The first-order chi connectivity index (χ1) is 16.2. The van der Waals surface area contributed by atoms with Crippen molar-refractivity contribution in [2.45, 2.75) is 51.4 Å². The molecule has 1 heterocycles. The van der Waals surface area contributed by atoms with Crippen molar-refractivity contribution in [3.8, 4) is 5.75 Å². The fourth-order valence-corrected chi connectivity index (χ4v) is 4.83. The van der Waals surface area contributed by atoms with Gasteiger partial charge in [-0.15, -0.1) is 0 Å². The molecule has 0 spiro atoms. The van der Waals surface area contributed by atoms with E-state index in [1.165, 1.54) is 54.4 Å². The van der Waals surface area contributed by atoms with E-state index in [0.29, 0.717) is 0 Å². The monoisotopic (exact) mass is 509 g/mol. The van der Waals surface area contributed by atoms with Gasteiger partial charge in [0.15, 0.2) is 0 Å². The van der Waals surface area contributed by atoms with Gasteiger partial charge in [0.2, 0.25) is 0 Å². The third-order valence-corrected chi connectivity index (χ3v) is 6.64. The van der Waals surface area contributed by atoms with E-state index in [1.54, 1.807) is 7.11 Å². The summed E-state index contributed by atoms with van der Waals surface area (Å²) < 4.78 is 6.02. The van der Waals surface area contributed by atoms with Crippen LogP contribution in [0.3, 0.4) is 0 Å². The molecule has 1 aromatic heterocycles. The van der Waals surface area contributed by atoms with E-state index in [4.69, 9.17) is 9.72 Å². The average Bonchev–Trinajstić information content (AvgIpc) is 2.85. The Kier molecular flexibility index (Phi) is 8.62. The summed E-state index contributed by atoms with van der Waals surface area (Å²) in [5, 5.41) is 8.32. The molecule has 0 aliphatic heterocycles. The number of hydrogen-bond acceptors (Lipinski definition) is 4. The summed E-state index contributed by atoms with van der Waals surface area (Å²) in [4.78, 5) is 9.54. The third-order valence-electron chi connectivity index (χ3n) is 6.15. The number of aliphatic imine (C=N–C) groups is 1. The number of unbranched alkanes of at least 4 members (excludes halogenated alkanes) is 3. The number of hydrogen-bond donors (Lipinski definition) is 2. The van der Waals surface area contributed by atoms with Crippen LogP contribution in [0, 0.1) is 0 Å². The maximum absolute atomic E-state index is 5.19. The van der Waals surface area contributed by atoms with Gasteiger partial charge in [0, 0.05) is 0 Å². The number of amidine groups is 1. The fourth-order valence-electron chi connectivity index (χ4n) is 4.40. The number of nitrogens with zero attached hydrogens (tertiary/aromatic N) is 2. The van der Waals surface area contributed by atoms with Gasteiger partial charge in [-0.25, -0.2) is 0 Å². The number of nitrogens with one attached hydrogen (secondary N) is 2. The van der Waals surface area contributed by atoms with Crippen LogP contribution in [0.1, 0.15) is 49.8 Å². The van der Waals surface area contributed by atoms with E-state index in [9.17, 15) is 0 Å². The minimum atomic E-state index is 0.830. The van der Waals surface area contributed by atoms with E-state index >= 15 is 0 Å². The number of aromatic nitrogens is 1. The van der Waals surface area contributed by atoms with Crippen molar-refractivity contribution in [2.75, 3.05) is 30.8 Å². The van der Waals surface area contributed by atoms with Crippen LogP contribution >= 0.6 is 0 Å². The van der Waals surface area contributed by atoms with Crippen molar-refractivity contribution >= 4 is 43.0 Å². The van der Waals surface area contributed by atoms with Gasteiger partial charge >= 0.3 is 163 Å². The van der Waals surface area contributed by atoms with Gasteiger partial charge < -0.3 is 0 Å². The number of pyridine rings is 1. The normalized spacial score (nSPS) is 13.5. The van der Waals surface area contributed by atoms with Gasteiger partial charge in [0.1, 0.15) is 0 Å². The fraction of sp³-hybridized carbons (Fsp3) is 0.407. The maximum atomic E-state index is 5.19. The predicted molar refractivity (Wildman–Crippen MR) is 140 cm³/mol. The van der Waals surface area contributed by atoms with Crippen LogP contribution in [-0.4, -0.2) is 45.9 Å². The van der Waals surface area contributed by atoms with Crippen molar-refractivity contribution < 1.29 is 4.74 Å². The molecular weight excluding hydrogens is 475 g/mol. The first-order valence-electron chi connectivity index (χ1n) is 12.0. The zero-order valence-corrected chi connectivity index (χ0v) is 21.1. The van der Waals surface area contributed by atoms with Gasteiger partial charge in [-0.05, 0) is 25.3 Å². The second-order valence-electron chi connectivity index (χ2n) is 8.52. The summed E-state index contributed by atoms with van der Waals surface area (Å²) in [7, 11) is 1.67. The number of ether oxygens (including phenoxy) is 1. The summed E-state index contributed by atoms with van der Waals surface area (Å²) in [6.07, 6.45) is 9.46. The summed E-state index contributed by atoms with van der Waals surface area (Å²) in [5.74, 6) is 0.852.